The topological polar surface area (TPSA) is 0 Å². The molecule has 0 aliphatic heterocycles. The van der Waals surface area contributed by atoms with Gasteiger partial charge < -0.3 is 0 Å². The van der Waals surface area contributed by atoms with Gasteiger partial charge in [-0.15, -0.1) is 0 Å². The summed E-state index contributed by atoms with van der Waals surface area (Å²) in [6.07, 6.45) is 6.47. The quantitative estimate of drug-likeness (QED) is 0.381. The third-order valence-electron chi connectivity index (χ3n) is 5.36. The van der Waals surface area contributed by atoms with E-state index >= 15 is 0 Å². The molecule has 126 valence electrons. The Labute approximate surface area is 154 Å². The van der Waals surface area contributed by atoms with Gasteiger partial charge in [-0.25, -0.2) is 0 Å². The fourth-order valence-electron chi connectivity index (χ4n) is 3.80. The highest BCUT2D eigenvalue weighted by Gasteiger charge is 2.12. The summed E-state index contributed by atoms with van der Waals surface area (Å²) in [5.41, 5.74) is 2.86. The average molecular weight is 383 g/mol. The highest BCUT2D eigenvalue weighted by atomic mass is 79.9. The summed E-state index contributed by atoms with van der Waals surface area (Å²) in [6, 6.07) is 15.8. The van der Waals surface area contributed by atoms with E-state index in [1.54, 1.807) is 0 Å². The Balaban J connectivity index is 2.04. The minimum Gasteiger partial charge on any atom is -0.0654 e. The molecule has 0 heterocycles. The SMILES string of the molecule is CCCCC(CC)Cc1ccc2c(C)c3ccccc3c(Br)c2c1. The molecule has 0 radical (unpaired) electrons. The third kappa shape index (κ3) is 3.37. The van der Waals surface area contributed by atoms with Crippen molar-refractivity contribution in [2.24, 2.45) is 5.92 Å². The standard InChI is InChI=1S/C23H27Br/c1-4-6-9-17(5-2)14-18-12-13-20-16(3)19-10-7-8-11-21(19)23(24)22(20)15-18/h7-8,10-13,15,17H,4-6,9,14H2,1-3H3. The van der Waals surface area contributed by atoms with Gasteiger partial charge in [-0.3, -0.25) is 0 Å². The second-order valence-corrected chi connectivity index (χ2v) is 7.78. The van der Waals surface area contributed by atoms with Gasteiger partial charge in [0.1, 0.15) is 0 Å². The average Bonchev–Trinajstić information content (AvgIpc) is 2.63. The van der Waals surface area contributed by atoms with E-state index < -0.39 is 0 Å². The zero-order chi connectivity index (χ0) is 17.1. The van der Waals surface area contributed by atoms with Crippen molar-refractivity contribution in [3.8, 4) is 0 Å². The minimum atomic E-state index is 0.808. The Morgan fingerprint density at radius 3 is 2.33 bits per heavy atom. The van der Waals surface area contributed by atoms with Gasteiger partial charge in [-0.05, 0) is 73.9 Å². The summed E-state index contributed by atoms with van der Waals surface area (Å²) < 4.78 is 1.24. The molecule has 0 spiro atoms. The van der Waals surface area contributed by atoms with Gasteiger partial charge in [0.25, 0.3) is 0 Å². The molecule has 24 heavy (non-hydrogen) atoms. The first-order valence-corrected chi connectivity index (χ1v) is 10.0. The van der Waals surface area contributed by atoms with Crippen LogP contribution in [0.2, 0.25) is 0 Å². The van der Waals surface area contributed by atoms with E-state index in [-0.39, 0.29) is 0 Å². The Kier molecular flexibility index (Phi) is 5.61. The monoisotopic (exact) mass is 382 g/mol. The van der Waals surface area contributed by atoms with Gasteiger partial charge in [0.2, 0.25) is 0 Å². The van der Waals surface area contributed by atoms with Crippen molar-refractivity contribution in [2.45, 2.75) is 52.9 Å². The normalized spacial score (nSPS) is 12.8. The van der Waals surface area contributed by atoms with E-state index in [9.17, 15) is 0 Å². The lowest BCUT2D eigenvalue weighted by atomic mass is 9.90. The summed E-state index contributed by atoms with van der Waals surface area (Å²) in [4.78, 5) is 0. The van der Waals surface area contributed by atoms with Crippen LogP contribution in [0.3, 0.4) is 0 Å². The van der Waals surface area contributed by atoms with Crippen LogP contribution in [0.1, 0.15) is 50.7 Å². The highest BCUT2D eigenvalue weighted by Crippen LogP contribution is 2.36. The number of rotatable bonds is 6. The number of hydrogen-bond donors (Lipinski definition) is 0. The summed E-state index contributed by atoms with van der Waals surface area (Å²) in [5, 5.41) is 5.39. The lowest BCUT2D eigenvalue weighted by Crippen LogP contribution is -2.03. The first-order chi connectivity index (χ1) is 11.7. The molecular weight excluding hydrogens is 356 g/mol. The summed E-state index contributed by atoms with van der Waals surface area (Å²) in [7, 11) is 0. The molecule has 1 heteroatoms. The summed E-state index contributed by atoms with van der Waals surface area (Å²) in [6.45, 7) is 6.86. The second kappa shape index (κ2) is 7.70. The van der Waals surface area contributed by atoms with Crippen molar-refractivity contribution in [1.82, 2.24) is 0 Å². The van der Waals surface area contributed by atoms with E-state index in [2.05, 4.69) is 79.2 Å². The van der Waals surface area contributed by atoms with E-state index in [0.717, 1.165) is 5.92 Å². The summed E-state index contributed by atoms with van der Waals surface area (Å²) >= 11 is 3.88. The number of benzene rings is 3. The van der Waals surface area contributed by atoms with E-state index in [0.29, 0.717) is 0 Å². The molecular formula is C23H27Br. The molecule has 0 aliphatic carbocycles. The van der Waals surface area contributed by atoms with Crippen LogP contribution in [-0.2, 0) is 6.42 Å². The first kappa shape index (κ1) is 17.5. The fraction of sp³-hybridized carbons (Fsp3) is 0.391. The predicted molar refractivity (Wildman–Crippen MR) is 111 cm³/mol. The predicted octanol–water partition coefficient (Wildman–Crippen LogP) is 7.82. The van der Waals surface area contributed by atoms with Gasteiger partial charge in [0.15, 0.2) is 0 Å². The molecule has 0 nitrogen and oxygen atoms in total. The van der Waals surface area contributed by atoms with Crippen LogP contribution in [0.15, 0.2) is 46.9 Å². The van der Waals surface area contributed by atoms with E-state index in [1.165, 1.54) is 69.2 Å². The van der Waals surface area contributed by atoms with Crippen molar-refractivity contribution < 1.29 is 0 Å². The van der Waals surface area contributed by atoms with Crippen LogP contribution in [-0.4, -0.2) is 0 Å². The molecule has 0 amide bonds. The number of unbranched alkanes of at least 4 members (excludes halogenated alkanes) is 1. The van der Waals surface area contributed by atoms with Gasteiger partial charge in [0, 0.05) is 4.47 Å². The molecule has 3 aromatic rings. The van der Waals surface area contributed by atoms with Crippen LogP contribution in [0.5, 0.6) is 0 Å². The van der Waals surface area contributed by atoms with Crippen molar-refractivity contribution >= 4 is 37.5 Å². The van der Waals surface area contributed by atoms with Crippen molar-refractivity contribution in [2.75, 3.05) is 0 Å². The molecule has 0 saturated carbocycles. The highest BCUT2D eigenvalue weighted by molar-refractivity contribution is 9.10. The molecule has 0 aliphatic rings. The van der Waals surface area contributed by atoms with Crippen LogP contribution in [0, 0.1) is 12.8 Å². The van der Waals surface area contributed by atoms with Crippen molar-refractivity contribution in [3.05, 3.63) is 58.1 Å². The smallest absolute Gasteiger partial charge is 0.0332 e. The van der Waals surface area contributed by atoms with E-state index in [1.807, 2.05) is 0 Å². The Hall–Kier alpha value is -1.34. The molecule has 0 bridgehead atoms. The molecule has 1 unspecified atom stereocenters. The maximum absolute atomic E-state index is 3.88. The van der Waals surface area contributed by atoms with Gasteiger partial charge in [-0.2, -0.15) is 0 Å². The van der Waals surface area contributed by atoms with Gasteiger partial charge in [-0.1, -0.05) is 75.9 Å². The number of fused-ring (bicyclic) bond motifs is 2. The van der Waals surface area contributed by atoms with Crippen LogP contribution >= 0.6 is 15.9 Å². The van der Waals surface area contributed by atoms with Gasteiger partial charge >= 0.3 is 0 Å². The van der Waals surface area contributed by atoms with Crippen molar-refractivity contribution in [3.63, 3.8) is 0 Å². The van der Waals surface area contributed by atoms with Crippen molar-refractivity contribution in [1.29, 1.82) is 0 Å². The lowest BCUT2D eigenvalue weighted by Gasteiger charge is -2.16. The molecule has 0 N–H and O–H groups in total. The molecule has 0 saturated heterocycles. The zero-order valence-electron chi connectivity index (χ0n) is 15.0. The minimum absolute atomic E-state index is 0.808. The molecule has 3 rings (SSSR count). The second-order valence-electron chi connectivity index (χ2n) is 6.99. The zero-order valence-corrected chi connectivity index (χ0v) is 16.6. The maximum atomic E-state index is 3.88. The number of halogens is 1. The van der Waals surface area contributed by atoms with E-state index in [4.69, 9.17) is 0 Å². The Morgan fingerprint density at radius 1 is 0.917 bits per heavy atom. The Bertz CT molecular complexity index is 847. The number of hydrogen-bond acceptors (Lipinski definition) is 0. The number of aryl methyl sites for hydroxylation is 1. The van der Waals surface area contributed by atoms with Crippen LogP contribution in [0.4, 0.5) is 0 Å². The fourth-order valence-corrected chi connectivity index (χ4v) is 4.47. The van der Waals surface area contributed by atoms with Gasteiger partial charge in [0.05, 0.1) is 0 Å². The molecule has 1 atom stereocenters. The molecule has 0 aromatic heterocycles. The van der Waals surface area contributed by atoms with Crippen LogP contribution < -0.4 is 0 Å². The summed E-state index contributed by atoms with van der Waals surface area (Å²) in [5.74, 6) is 0.808. The third-order valence-corrected chi connectivity index (χ3v) is 6.21. The molecule has 0 fully saturated rings. The molecule has 3 aromatic carbocycles. The maximum Gasteiger partial charge on any atom is 0.0332 e. The lowest BCUT2D eigenvalue weighted by molar-refractivity contribution is 0.449. The first-order valence-electron chi connectivity index (χ1n) is 9.25. The van der Waals surface area contributed by atoms with Crippen LogP contribution in [0.25, 0.3) is 21.5 Å². The Morgan fingerprint density at radius 2 is 1.62 bits per heavy atom. The largest absolute Gasteiger partial charge is 0.0654 e.